The van der Waals surface area contributed by atoms with Crippen LogP contribution >= 0.6 is 11.8 Å². The van der Waals surface area contributed by atoms with Crippen LogP contribution in [0.3, 0.4) is 0 Å². The van der Waals surface area contributed by atoms with Crippen molar-refractivity contribution in [2.45, 2.75) is 4.90 Å². The van der Waals surface area contributed by atoms with E-state index in [4.69, 9.17) is 15.7 Å². The van der Waals surface area contributed by atoms with Crippen LogP contribution in [0.2, 0.25) is 0 Å². The van der Waals surface area contributed by atoms with Gasteiger partial charge in [-0.15, -0.1) is 11.8 Å². The maximum atomic E-state index is 12.0. The zero-order valence-electron chi connectivity index (χ0n) is 12.7. The van der Waals surface area contributed by atoms with Crippen molar-refractivity contribution in [1.29, 1.82) is 5.26 Å². The molecule has 2 amide bonds. The maximum Gasteiger partial charge on any atom is 0.262 e. The van der Waals surface area contributed by atoms with Crippen molar-refractivity contribution in [3.63, 3.8) is 0 Å². The summed E-state index contributed by atoms with van der Waals surface area (Å²) in [4.78, 5) is 23.7. The van der Waals surface area contributed by atoms with Gasteiger partial charge in [0.05, 0.1) is 23.1 Å². The van der Waals surface area contributed by atoms with Crippen molar-refractivity contribution in [2.24, 2.45) is 5.73 Å². The number of thioether (sulfide) groups is 1. The monoisotopic (exact) mass is 341 g/mol. The number of primary amides is 1. The number of nitrogens with two attached hydrogens (primary N) is 1. The highest BCUT2D eigenvalue weighted by atomic mass is 32.2. The zero-order valence-corrected chi connectivity index (χ0v) is 13.5. The van der Waals surface area contributed by atoms with Gasteiger partial charge in [-0.2, -0.15) is 5.26 Å². The van der Waals surface area contributed by atoms with Crippen molar-refractivity contribution in [2.75, 3.05) is 17.7 Å². The van der Waals surface area contributed by atoms with Crippen molar-refractivity contribution in [3.8, 4) is 11.8 Å². The number of amides is 2. The van der Waals surface area contributed by atoms with E-state index in [1.54, 1.807) is 42.5 Å². The molecule has 2 aromatic rings. The highest BCUT2D eigenvalue weighted by Crippen LogP contribution is 2.26. The van der Waals surface area contributed by atoms with Crippen LogP contribution in [0.4, 0.5) is 5.69 Å². The van der Waals surface area contributed by atoms with Crippen LogP contribution in [0.25, 0.3) is 0 Å². The first-order chi connectivity index (χ1) is 11.6. The van der Waals surface area contributed by atoms with Crippen LogP contribution in [0.15, 0.2) is 53.4 Å². The third kappa shape index (κ3) is 5.34. The molecular formula is C17H15N3O3S. The normalized spacial score (nSPS) is 9.79. The molecule has 0 aliphatic heterocycles. The van der Waals surface area contributed by atoms with Gasteiger partial charge in [0.1, 0.15) is 5.75 Å². The highest BCUT2D eigenvalue weighted by Gasteiger charge is 2.09. The topological polar surface area (TPSA) is 105 Å². The van der Waals surface area contributed by atoms with E-state index in [9.17, 15) is 9.59 Å². The van der Waals surface area contributed by atoms with E-state index in [-0.39, 0.29) is 18.3 Å². The van der Waals surface area contributed by atoms with Gasteiger partial charge in [-0.3, -0.25) is 9.59 Å². The average molecular weight is 341 g/mol. The summed E-state index contributed by atoms with van der Waals surface area (Å²) in [6.45, 7) is -0.191. The highest BCUT2D eigenvalue weighted by molar-refractivity contribution is 8.00. The predicted octanol–water partition coefficient (Wildman–Crippen LogP) is 2.15. The summed E-state index contributed by atoms with van der Waals surface area (Å²) in [5.41, 5.74) is 6.18. The summed E-state index contributed by atoms with van der Waals surface area (Å²) in [6, 6.07) is 15.7. The number of para-hydroxylation sites is 1. The largest absolute Gasteiger partial charge is 0.484 e. The molecule has 0 saturated heterocycles. The van der Waals surface area contributed by atoms with E-state index in [0.717, 1.165) is 4.90 Å². The quantitative estimate of drug-likeness (QED) is 0.751. The molecule has 0 aliphatic carbocycles. The minimum Gasteiger partial charge on any atom is -0.484 e. The molecule has 0 unspecified atom stereocenters. The van der Waals surface area contributed by atoms with E-state index in [2.05, 4.69) is 5.32 Å². The Morgan fingerprint density at radius 1 is 1.21 bits per heavy atom. The molecule has 0 aliphatic rings. The molecule has 122 valence electrons. The Morgan fingerprint density at radius 3 is 2.75 bits per heavy atom. The summed E-state index contributed by atoms with van der Waals surface area (Å²) in [5.74, 6) is -0.198. The number of nitrogens with one attached hydrogen (secondary N) is 1. The molecular weight excluding hydrogens is 326 g/mol. The molecule has 0 fully saturated rings. The van der Waals surface area contributed by atoms with Gasteiger partial charge in [0, 0.05) is 4.90 Å². The number of ether oxygens (including phenoxy) is 1. The minimum atomic E-state index is -0.429. The van der Waals surface area contributed by atoms with Crippen LogP contribution in [0.5, 0.6) is 5.75 Å². The lowest BCUT2D eigenvalue weighted by atomic mass is 10.2. The van der Waals surface area contributed by atoms with Gasteiger partial charge in [-0.1, -0.05) is 18.2 Å². The summed E-state index contributed by atoms with van der Waals surface area (Å²) in [7, 11) is 0. The standard InChI is InChI=1S/C17H15N3O3S/c18-9-12-4-3-5-13(8-12)23-10-17(22)20-14-6-1-2-7-15(14)24-11-16(19)21/h1-8H,10-11H2,(H2,19,21)(H,20,22). The van der Waals surface area contributed by atoms with E-state index < -0.39 is 5.91 Å². The number of rotatable bonds is 7. The lowest BCUT2D eigenvalue weighted by molar-refractivity contribution is -0.118. The predicted molar refractivity (Wildman–Crippen MR) is 91.6 cm³/mol. The average Bonchev–Trinajstić information content (AvgIpc) is 2.59. The smallest absolute Gasteiger partial charge is 0.262 e. The van der Waals surface area contributed by atoms with E-state index in [1.807, 2.05) is 12.1 Å². The van der Waals surface area contributed by atoms with Gasteiger partial charge in [0.15, 0.2) is 6.61 Å². The first-order valence-electron chi connectivity index (χ1n) is 7.01. The van der Waals surface area contributed by atoms with Gasteiger partial charge in [0.25, 0.3) is 5.91 Å². The van der Waals surface area contributed by atoms with E-state index in [1.165, 1.54) is 11.8 Å². The number of hydrogen-bond acceptors (Lipinski definition) is 5. The summed E-state index contributed by atoms with van der Waals surface area (Å²) >= 11 is 1.25. The molecule has 2 rings (SSSR count). The summed E-state index contributed by atoms with van der Waals surface area (Å²) < 4.78 is 5.38. The Kier molecular flexibility index (Phi) is 6.23. The summed E-state index contributed by atoms with van der Waals surface area (Å²) in [6.07, 6.45) is 0. The Hall–Kier alpha value is -2.98. The molecule has 24 heavy (non-hydrogen) atoms. The second kappa shape index (κ2) is 8.60. The molecule has 2 aromatic carbocycles. The number of anilines is 1. The fourth-order valence-electron chi connectivity index (χ4n) is 1.84. The molecule has 0 aromatic heterocycles. The van der Waals surface area contributed by atoms with E-state index >= 15 is 0 Å². The summed E-state index contributed by atoms with van der Waals surface area (Å²) in [5, 5.41) is 11.6. The lowest BCUT2D eigenvalue weighted by Gasteiger charge is -2.11. The van der Waals surface area contributed by atoms with Crippen LogP contribution in [-0.4, -0.2) is 24.2 Å². The minimum absolute atomic E-state index is 0.129. The van der Waals surface area contributed by atoms with Gasteiger partial charge in [0.2, 0.25) is 5.91 Å². The second-order valence-electron chi connectivity index (χ2n) is 4.73. The SMILES string of the molecule is N#Cc1cccc(OCC(=O)Nc2ccccc2SCC(N)=O)c1. The Balaban J connectivity index is 1.95. The zero-order chi connectivity index (χ0) is 17.4. The van der Waals surface area contributed by atoms with Gasteiger partial charge in [-0.25, -0.2) is 0 Å². The number of nitriles is 1. The Morgan fingerprint density at radius 2 is 2.00 bits per heavy atom. The van der Waals surface area contributed by atoms with Crippen molar-refractivity contribution in [1.82, 2.24) is 0 Å². The van der Waals surface area contributed by atoms with E-state index in [0.29, 0.717) is 17.0 Å². The third-order valence-electron chi connectivity index (χ3n) is 2.86. The molecule has 0 atom stereocenters. The second-order valence-corrected chi connectivity index (χ2v) is 5.74. The van der Waals surface area contributed by atoms with Crippen molar-refractivity contribution < 1.29 is 14.3 Å². The van der Waals surface area contributed by atoms with Crippen LogP contribution in [0, 0.1) is 11.3 Å². The molecule has 0 heterocycles. The molecule has 3 N–H and O–H groups in total. The van der Waals surface area contributed by atoms with Gasteiger partial charge >= 0.3 is 0 Å². The number of benzene rings is 2. The first-order valence-corrected chi connectivity index (χ1v) is 8.00. The fourth-order valence-corrected chi connectivity index (χ4v) is 2.58. The van der Waals surface area contributed by atoms with Crippen LogP contribution < -0.4 is 15.8 Å². The fraction of sp³-hybridized carbons (Fsp3) is 0.118. The lowest BCUT2D eigenvalue weighted by Crippen LogP contribution is -2.20. The number of nitrogens with zero attached hydrogens (tertiary/aromatic N) is 1. The van der Waals surface area contributed by atoms with Crippen molar-refractivity contribution >= 4 is 29.3 Å². The van der Waals surface area contributed by atoms with Crippen molar-refractivity contribution in [3.05, 3.63) is 54.1 Å². The maximum absolute atomic E-state index is 12.0. The molecule has 0 spiro atoms. The molecule has 6 nitrogen and oxygen atoms in total. The first kappa shape index (κ1) is 17.4. The van der Waals surface area contributed by atoms with Crippen LogP contribution in [-0.2, 0) is 9.59 Å². The number of carbonyl (C=O) groups is 2. The molecule has 7 heteroatoms. The molecule has 0 saturated carbocycles. The Labute approximate surface area is 143 Å². The van der Waals surface area contributed by atoms with Crippen LogP contribution in [0.1, 0.15) is 5.56 Å². The molecule has 0 bridgehead atoms. The van der Waals surface area contributed by atoms with Gasteiger partial charge in [-0.05, 0) is 30.3 Å². The molecule has 0 radical (unpaired) electrons. The van der Waals surface area contributed by atoms with Gasteiger partial charge < -0.3 is 15.8 Å². The number of hydrogen-bond donors (Lipinski definition) is 2. The number of carbonyl (C=O) groups excluding carboxylic acids is 2. The third-order valence-corrected chi connectivity index (χ3v) is 3.96. The Bertz CT molecular complexity index is 787.